The minimum absolute atomic E-state index is 0.0828. The van der Waals surface area contributed by atoms with Gasteiger partial charge in [-0.1, -0.05) is 96.5 Å². The van der Waals surface area contributed by atoms with Crippen LogP contribution in [0.15, 0.2) is 175 Å². The number of halogens is 17. The average Bonchev–Trinajstić information content (AvgIpc) is 0.794. The van der Waals surface area contributed by atoms with E-state index in [1.165, 1.54) is 56.7 Å². The van der Waals surface area contributed by atoms with Gasteiger partial charge in [-0.2, -0.15) is 39.5 Å². The highest BCUT2D eigenvalue weighted by molar-refractivity contribution is 7.98. The molecule has 9 aromatic carbocycles. The van der Waals surface area contributed by atoms with Gasteiger partial charge in [0.2, 0.25) is 0 Å². The van der Waals surface area contributed by atoms with E-state index >= 15 is 0 Å². The molecule has 0 saturated carbocycles. The lowest BCUT2D eigenvalue weighted by molar-refractivity contribution is -0.142. The molecule has 0 atom stereocenters. The van der Waals surface area contributed by atoms with Crippen LogP contribution in [-0.4, -0.2) is 164 Å². The number of aldehydes is 1. The third-order valence-corrected chi connectivity index (χ3v) is 14.7. The van der Waals surface area contributed by atoms with Crippen LogP contribution in [0.5, 0.6) is 17.2 Å². The van der Waals surface area contributed by atoms with Crippen molar-refractivity contribution < 1.29 is 170 Å². The molecule has 0 aromatic heterocycles. The molecular weight excluding hydrogens is 1530 g/mol. The molecule has 0 spiro atoms. The van der Waals surface area contributed by atoms with Gasteiger partial charge in [0.05, 0.1) is 30.9 Å². The minimum atomic E-state index is -5.10. The van der Waals surface area contributed by atoms with Gasteiger partial charge < -0.3 is 94.6 Å². The Bertz CT molecular complexity index is 4280. The lowest BCUT2D eigenvalue weighted by Gasteiger charge is -2.15. The van der Waals surface area contributed by atoms with Crippen molar-refractivity contribution >= 4 is 130 Å². The molecule has 0 aliphatic carbocycles. The summed E-state index contributed by atoms with van der Waals surface area (Å²) in [6.07, 6.45) is -12.1. The first-order chi connectivity index (χ1) is 50.6. The molecule has 0 aliphatic rings. The number of hydrogen-bond donors (Lipinski definition) is 16. The zero-order chi connectivity index (χ0) is 83.2. The Morgan fingerprint density at radius 1 is 0.404 bits per heavy atom. The largest absolute Gasteiger partial charge is 0.497 e. The lowest BCUT2D eigenvalue weighted by Crippen LogP contribution is -2.36. The molecule has 0 bridgehead atoms. The first kappa shape index (κ1) is 96.5. The van der Waals surface area contributed by atoms with Crippen molar-refractivity contribution in [3.05, 3.63) is 249 Å². The number of carbonyl (C=O) groups excluding carboxylic acids is 1. The van der Waals surface area contributed by atoms with Gasteiger partial charge in [-0.3, -0.25) is 4.79 Å². The topological polar surface area (TPSA) is 368 Å². The molecule has 109 heavy (non-hydrogen) atoms. The maximum Gasteiger partial charge on any atom is 0.491 e. The summed E-state index contributed by atoms with van der Waals surface area (Å²) in [5, 5.41) is 139. The molecule has 9 aromatic rings. The summed E-state index contributed by atoms with van der Waals surface area (Å²) in [6, 6.07) is 34.3. The molecular formula is C63H59B8ClF16O20S. The van der Waals surface area contributed by atoms with Crippen molar-refractivity contribution in [2.24, 2.45) is 0 Å². The van der Waals surface area contributed by atoms with Crippen LogP contribution in [0, 0.1) is 47.6 Å². The monoisotopic (exact) mass is 1590 g/mol. The van der Waals surface area contributed by atoms with Crippen molar-refractivity contribution in [3.63, 3.8) is 0 Å². The lowest BCUT2D eigenvalue weighted by atomic mass is 9.76. The van der Waals surface area contributed by atoms with Crippen LogP contribution in [0.25, 0.3) is 0 Å². The fourth-order valence-electron chi connectivity index (χ4n) is 7.88. The van der Waals surface area contributed by atoms with Crippen LogP contribution in [0.3, 0.4) is 0 Å². The van der Waals surface area contributed by atoms with Gasteiger partial charge in [-0.25, -0.2) is 30.7 Å². The van der Waals surface area contributed by atoms with Gasteiger partial charge in [-0.05, 0) is 130 Å². The summed E-state index contributed by atoms with van der Waals surface area (Å²) in [7, 11) is -12.1. The zero-order valence-electron chi connectivity index (χ0n) is 56.2. The Morgan fingerprint density at radius 3 is 1.25 bits per heavy atom. The molecule has 0 saturated heterocycles. The Kier molecular flexibility index (Phi) is 40.3. The van der Waals surface area contributed by atoms with Gasteiger partial charge in [-0.15, -0.1) is 11.8 Å². The van der Waals surface area contributed by atoms with E-state index in [1.807, 2.05) is 48.7 Å². The quantitative estimate of drug-likeness (QED) is 0.0230. The predicted octanol–water partition coefficient (Wildman–Crippen LogP) is 2.05. The highest BCUT2D eigenvalue weighted by Gasteiger charge is 2.40. The molecule has 0 radical (unpaired) electrons. The van der Waals surface area contributed by atoms with E-state index < -0.39 is 149 Å². The summed E-state index contributed by atoms with van der Waals surface area (Å²) in [6.45, 7) is 2.03. The Hall–Kier alpha value is -8.55. The standard InChI is InChI=1S/C14H13BO4.C8H5BF6O2.C7H7BClFO2.C7H5BF4O2.2C7H8BFO3.C7H9BO2S.C6H4BF3O2/c16-9-12-8-13(6-7-14(12)15(17)18)19-10-11-4-2-1-3-5-11;10-7(11,12)4-1-2-6(9(16)17)5(3-4)8(13,14)15;1-4-2-7(10)5(8(11)12)3-6(4)9;9-6-3-4(7(10,11)12)1-2-5(6)8(13)14;1-12-7-3-2-5(8(10)11)4-6(7)9;1-12-5-2-3-6(8(10)11)7(9)4-5;1-11-7-4-2-6(3-5-7)8(9)10;8-4-1-3(7(11)12)2-5(9)6(4)10/h1-9,17-18H,10H2;1-3,16-17H;2-3,11-12H,1H3;1-3,13-14H;2*2-4,10-11H,1H3;2-5,9-10H,1H3;1-2,11-12H. The average molecular weight is 1590 g/mol. The maximum atomic E-state index is 12.9. The second-order valence-corrected chi connectivity index (χ2v) is 22.5. The summed E-state index contributed by atoms with van der Waals surface area (Å²) in [5.74, 6) is -6.84. The van der Waals surface area contributed by atoms with Crippen molar-refractivity contribution in [3.8, 4) is 17.2 Å². The fraction of sp³-hybridized carbons (Fsp3) is 0.127. The SMILES string of the molecule is COc1ccc(B(O)O)c(F)c1.COc1ccc(B(O)O)cc1F.CSc1ccc(B(O)O)cc1.Cc1cc(F)c(B(O)O)cc1Cl.O=Cc1cc(OCc2ccccc2)ccc1B(O)O.OB(O)c1cc(F)c(F)c(F)c1.OB(O)c1ccc(C(F)(F)F)cc1C(F)(F)F.OB(O)c1ccc(C(F)(F)F)cc1F. The maximum absolute atomic E-state index is 12.9. The van der Waals surface area contributed by atoms with Crippen molar-refractivity contribution in [2.75, 3.05) is 20.5 Å². The van der Waals surface area contributed by atoms with Crippen molar-refractivity contribution in [2.45, 2.75) is 37.0 Å². The third-order valence-electron chi connectivity index (χ3n) is 13.5. The number of hydrogen-bond acceptors (Lipinski definition) is 21. The van der Waals surface area contributed by atoms with Crippen LogP contribution in [0.4, 0.5) is 70.2 Å². The van der Waals surface area contributed by atoms with Gasteiger partial charge in [0.25, 0.3) is 0 Å². The molecule has 46 heteroatoms. The fourth-order valence-corrected chi connectivity index (χ4v) is 8.46. The number of ether oxygens (including phenoxy) is 3. The van der Waals surface area contributed by atoms with Crippen LogP contribution in [0.2, 0.25) is 5.02 Å². The van der Waals surface area contributed by atoms with E-state index in [9.17, 15) is 75.0 Å². The van der Waals surface area contributed by atoms with E-state index in [1.54, 1.807) is 36.9 Å². The minimum Gasteiger partial charge on any atom is -0.497 e. The summed E-state index contributed by atoms with van der Waals surface area (Å²) in [4.78, 5) is 12.0. The Labute approximate surface area is 621 Å². The number of thioether (sulfide) groups is 1. The Balaban J connectivity index is 0.000000426. The number of aryl methyl sites for hydroxylation is 1. The van der Waals surface area contributed by atoms with Crippen molar-refractivity contribution in [1.82, 2.24) is 0 Å². The second-order valence-electron chi connectivity index (χ2n) is 21.2. The number of carbonyl (C=O) groups is 1. The van der Waals surface area contributed by atoms with Crippen LogP contribution < -0.4 is 57.9 Å². The highest BCUT2D eigenvalue weighted by atomic mass is 35.5. The molecule has 16 N–H and O–H groups in total. The number of rotatable bonds is 15. The van der Waals surface area contributed by atoms with Gasteiger partial charge in [0, 0.05) is 37.9 Å². The normalized spacial score (nSPS) is 10.5. The van der Waals surface area contributed by atoms with E-state index in [4.69, 9.17) is 101 Å². The molecule has 580 valence electrons. The second kappa shape index (κ2) is 45.6. The van der Waals surface area contributed by atoms with Crippen LogP contribution in [-0.2, 0) is 25.1 Å². The Morgan fingerprint density at radius 2 is 0.835 bits per heavy atom. The third kappa shape index (κ3) is 32.9. The summed E-state index contributed by atoms with van der Waals surface area (Å²) < 4.78 is 213. The first-order valence-electron chi connectivity index (χ1n) is 29.8. The number of methoxy groups -OCH3 is 2. The van der Waals surface area contributed by atoms with E-state index in [-0.39, 0.29) is 45.3 Å². The molecule has 0 fully saturated rings. The zero-order valence-corrected chi connectivity index (χ0v) is 57.8. The number of alkyl halides is 9. The van der Waals surface area contributed by atoms with E-state index in [2.05, 4.69) is 4.74 Å². The van der Waals surface area contributed by atoms with E-state index in [0.717, 1.165) is 28.7 Å². The first-order valence-corrected chi connectivity index (χ1v) is 31.4. The van der Waals surface area contributed by atoms with Crippen LogP contribution in [0.1, 0.15) is 38.2 Å². The smallest absolute Gasteiger partial charge is 0.491 e. The molecule has 0 amide bonds. The summed E-state index contributed by atoms with van der Waals surface area (Å²) in [5.41, 5.74) is -4.19. The molecule has 20 nitrogen and oxygen atoms in total. The highest BCUT2D eigenvalue weighted by Crippen LogP contribution is 2.35. The van der Waals surface area contributed by atoms with Gasteiger partial charge in [0.1, 0.15) is 41.8 Å². The molecule has 0 unspecified atom stereocenters. The van der Waals surface area contributed by atoms with E-state index in [0.29, 0.717) is 76.8 Å². The number of benzene rings is 9. The van der Waals surface area contributed by atoms with Crippen molar-refractivity contribution in [1.29, 1.82) is 0 Å². The summed E-state index contributed by atoms with van der Waals surface area (Å²) >= 11 is 7.27. The molecule has 9 rings (SSSR count). The molecule has 0 heterocycles. The van der Waals surface area contributed by atoms with Gasteiger partial charge >= 0.3 is 75.5 Å². The molecule has 0 aliphatic heterocycles. The predicted molar refractivity (Wildman–Crippen MR) is 376 cm³/mol. The van der Waals surface area contributed by atoms with Gasteiger partial charge in [0.15, 0.2) is 29.0 Å². The van der Waals surface area contributed by atoms with Crippen LogP contribution >= 0.6 is 23.4 Å².